The molecule has 1 unspecified atom stereocenters. The SMILES string of the molecule is Cc1ccc(SC(C)/C(O)=C(/C#N)c2nc3ccccc3[nH]2)cc1. The highest BCUT2D eigenvalue weighted by atomic mass is 32.2. The van der Waals surface area contributed by atoms with Crippen LogP contribution in [-0.4, -0.2) is 20.3 Å². The van der Waals surface area contributed by atoms with Crippen molar-refractivity contribution in [2.75, 3.05) is 0 Å². The van der Waals surface area contributed by atoms with Crippen molar-refractivity contribution in [3.8, 4) is 6.07 Å². The first kappa shape index (κ1) is 16.2. The van der Waals surface area contributed by atoms with Crippen molar-refractivity contribution in [1.29, 1.82) is 5.26 Å². The predicted octanol–water partition coefficient (Wildman–Crippen LogP) is 4.84. The molecule has 0 radical (unpaired) electrons. The van der Waals surface area contributed by atoms with E-state index in [0.717, 1.165) is 15.9 Å². The van der Waals surface area contributed by atoms with Crippen molar-refractivity contribution in [3.63, 3.8) is 0 Å². The lowest BCUT2D eigenvalue weighted by molar-refractivity contribution is 0.402. The number of aromatic nitrogens is 2. The Labute approximate surface area is 144 Å². The molecule has 24 heavy (non-hydrogen) atoms. The summed E-state index contributed by atoms with van der Waals surface area (Å²) < 4.78 is 0. The first-order valence-corrected chi connectivity index (χ1v) is 8.48. The van der Waals surface area contributed by atoms with E-state index in [9.17, 15) is 10.4 Å². The van der Waals surface area contributed by atoms with Crippen molar-refractivity contribution in [2.24, 2.45) is 0 Å². The van der Waals surface area contributed by atoms with E-state index in [2.05, 4.69) is 16.0 Å². The highest BCUT2D eigenvalue weighted by Crippen LogP contribution is 2.30. The summed E-state index contributed by atoms with van der Waals surface area (Å²) in [6, 6.07) is 17.7. The quantitative estimate of drug-likeness (QED) is 0.406. The normalized spacial score (nSPS) is 13.4. The number of allylic oxidation sites excluding steroid dienone is 1. The molecule has 3 aromatic rings. The lowest BCUT2D eigenvalue weighted by atomic mass is 10.2. The molecule has 120 valence electrons. The number of aliphatic hydroxyl groups is 1. The summed E-state index contributed by atoms with van der Waals surface area (Å²) in [6.07, 6.45) is 0. The molecule has 0 spiro atoms. The number of nitrogens with zero attached hydrogens (tertiary/aromatic N) is 2. The zero-order chi connectivity index (χ0) is 17.1. The van der Waals surface area contributed by atoms with Gasteiger partial charge < -0.3 is 10.1 Å². The molecule has 1 heterocycles. The van der Waals surface area contributed by atoms with E-state index in [1.165, 1.54) is 17.3 Å². The summed E-state index contributed by atoms with van der Waals surface area (Å²) in [4.78, 5) is 8.54. The van der Waals surface area contributed by atoms with Gasteiger partial charge in [0.1, 0.15) is 17.4 Å². The number of aryl methyl sites for hydroxylation is 1. The molecule has 5 heteroatoms. The summed E-state index contributed by atoms with van der Waals surface area (Å²) in [5, 5.41) is 19.8. The molecule has 3 rings (SSSR count). The maximum absolute atomic E-state index is 10.5. The van der Waals surface area contributed by atoms with Crippen molar-refractivity contribution in [3.05, 3.63) is 65.7 Å². The molecule has 0 aliphatic rings. The fourth-order valence-electron chi connectivity index (χ4n) is 2.38. The molecule has 0 saturated heterocycles. The number of benzene rings is 2. The number of fused-ring (bicyclic) bond motifs is 1. The van der Waals surface area contributed by atoms with Gasteiger partial charge in [-0.2, -0.15) is 5.26 Å². The Bertz CT molecular complexity index is 902. The molecular formula is C19H17N3OS. The number of H-pyrrole nitrogens is 1. The Kier molecular flexibility index (Phi) is 4.59. The standard InChI is InChI=1S/C19H17N3OS/c1-12-7-9-14(10-8-12)24-13(2)18(23)15(11-20)19-21-16-5-3-4-6-17(16)22-19/h3-10,13,23H,1-2H3,(H,21,22)/b18-15+. The third kappa shape index (κ3) is 3.29. The Balaban J connectivity index is 1.91. The second kappa shape index (κ2) is 6.81. The first-order chi connectivity index (χ1) is 11.6. The van der Waals surface area contributed by atoms with E-state index in [0.29, 0.717) is 5.82 Å². The van der Waals surface area contributed by atoms with Gasteiger partial charge in [0, 0.05) is 4.90 Å². The lowest BCUT2D eigenvalue weighted by Gasteiger charge is -2.12. The summed E-state index contributed by atoms with van der Waals surface area (Å²) >= 11 is 1.50. The number of thioether (sulfide) groups is 1. The minimum absolute atomic E-state index is 0.0298. The zero-order valence-electron chi connectivity index (χ0n) is 13.4. The fourth-order valence-corrected chi connectivity index (χ4v) is 3.31. The molecule has 1 aromatic heterocycles. The van der Waals surface area contributed by atoms with Gasteiger partial charge in [-0.3, -0.25) is 0 Å². The number of aliphatic hydroxyl groups excluding tert-OH is 1. The molecule has 1 atom stereocenters. The van der Waals surface area contributed by atoms with Crippen molar-refractivity contribution >= 4 is 28.4 Å². The molecule has 0 bridgehead atoms. The first-order valence-electron chi connectivity index (χ1n) is 7.60. The van der Waals surface area contributed by atoms with Crippen LogP contribution in [0.3, 0.4) is 0 Å². The van der Waals surface area contributed by atoms with Crippen LogP contribution in [-0.2, 0) is 0 Å². The van der Waals surface area contributed by atoms with E-state index in [4.69, 9.17) is 0 Å². The maximum atomic E-state index is 10.5. The van der Waals surface area contributed by atoms with Crippen LogP contribution >= 0.6 is 11.8 Å². The van der Waals surface area contributed by atoms with E-state index in [1.54, 1.807) is 0 Å². The van der Waals surface area contributed by atoms with Crippen LogP contribution in [0.2, 0.25) is 0 Å². The van der Waals surface area contributed by atoms with Crippen LogP contribution in [0, 0.1) is 18.3 Å². The Morgan fingerprint density at radius 3 is 2.58 bits per heavy atom. The number of para-hydroxylation sites is 2. The van der Waals surface area contributed by atoms with Crippen LogP contribution in [0.25, 0.3) is 16.6 Å². The van der Waals surface area contributed by atoms with Crippen molar-refractivity contribution in [1.82, 2.24) is 9.97 Å². The molecular weight excluding hydrogens is 318 g/mol. The van der Waals surface area contributed by atoms with E-state index in [1.807, 2.05) is 62.4 Å². The second-order valence-corrected chi connectivity index (χ2v) is 6.96. The monoisotopic (exact) mass is 335 g/mol. The smallest absolute Gasteiger partial charge is 0.152 e. The average molecular weight is 335 g/mol. The highest BCUT2D eigenvalue weighted by Gasteiger charge is 2.19. The van der Waals surface area contributed by atoms with Gasteiger partial charge in [0.15, 0.2) is 5.82 Å². The number of hydrogen-bond donors (Lipinski definition) is 2. The summed E-state index contributed by atoms with van der Waals surface area (Å²) in [5.41, 5.74) is 2.98. The molecule has 4 nitrogen and oxygen atoms in total. The summed E-state index contributed by atoms with van der Waals surface area (Å²) in [5.74, 6) is 0.426. The topological polar surface area (TPSA) is 72.7 Å². The number of imidazole rings is 1. The molecule has 0 amide bonds. The Morgan fingerprint density at radius 2 is 1.92 bits per heavy atom. The van der Waals surface area contributed by atoms with Crippen LogP contribution < -0.4 is 0 Å². The molecule has 2 aromatic carbocycles. The number of aromatic amines is 1. The van der Waals surface area contributed by atoms with Gasteiger partial charge in [0.25, 0.3) is 0 Å². The fraction of sp³-hybridized carbons (Fsp3) is 0.158. The van der Waals surface area contributed by atoms with E-state index >= 15 is 0 Å². The van der Waals surface area contributed by atoms with Crippen LogP contribution in [0.1, 0.15) is 18.3 Å². The largest absolute Gasteiger partial charge is 0.510 e. The second-order valence-electron chi connectivity index (χ2n) is 5.55. The number of nitrogens with one attached hydrogen (secondary N) is 1. The minimum Gasteiger partial charge on any atom is -0.510 e. The van der Waals surface area contributed by atoms with Gasteiger partial charge in [-0.1, -0.05) is 29.8 Å². The Hall–Kier alpha value is -2.71. The van der Waals surface area contributed by atoms with Crippen molar-refractivity contribution < 1.29 is 5.11 Å². The molecule has 0 fully saturated rings. The maximum Gasteiger partial charge on any atom is 0.152 e. The lowest BCUT2D eigenvalue weighted by Crippen LogP contribution is -2.04. The average Bonchev–Trinajstić information content (AvgIpc) is 3.01. The summed E-state index contributed by atoms with van der Waals surface area (Å²) in [6.45, 7) is 3.91. The highest BCUT2D eigenvalue weighted by molar-refractivity contribution is 8.00. The Morgan fingerprint density at radius 1 is 1.21 bits per heavy atom. The number of rotatable bonds is 4. The molecule has 2 N–H and O–H groups in total. The predicted molar refractivity (Wildman–Crippen MR) is 97.8 cm³/mol. The third-order valence-corrected chi connectivity index (χ3v) is 4.83. The number of hydrogen-bond acceptors (Lipinski definition) is 4. The minimum atomic E-state index is -0.254. The molecule has 0 saturated carbocycles. The van der Waals surface area contributed by atoms with Gasteiger partial charge in [-0.25, -0.2) is 4.98 Å². The third-order valence-electron chi connectivity index (χ3n) is 3.71. The van der Waals surface area contributed by atoms with E-state index in [-0.39, 0.29) is 16.6 Å². The van der Waals surface area contributed by atoms with Gasteiger partial charge in [-0.15, -0.1) is 11.8 Å². The van der Waals surface area contributed by atoms with Gasteiger partial charge in [-0.05, 0) is 38.1 Å². The van der Waals surface area contributed by atoms with Crippen LogP contribution in [0.5, 0.6) is 0 Å². The molecule has 0 aliphatic heterocycles. The van der Waals surface area contributed by atoms with Crippen molar-refractivity contribution in [2.45, 2.75) is 24.0 Å². The van der Waals surface area contributed by atoms with E-state index < -0.39 is 0 Å². The van der Waals surface area contributed by atoms with Crippen LogP contribution in [0.15, 0.2) is 59.2 Å². The van der Waals surface area contributed by atoms with Gasteiger partial charge in [0.2, 0.25) is 0 Å². The van der Waals surface area contributed by atoms with Gasteiger partial charge >= 0.3 is 0 Å². The zero-order valence-corrected chi connectivity index (χ0v) is 14.3. The summed E-state index contributed by atoms with van der Waals surface area (Å²) in [7, 11) is 0. The van der Waals surface area contributed by atoms with Gasteiger partial charge in [0.05, 0.1) is 16.3 Å². The molecule has 0 aliphatic carbocycles. The number of nitriles is 1. The van der Waals surface area contributed by atoms with Crippen LogP contribution in [0.4, 0.5) is 0 Å².